The molecule has 0 saturated carbocycles. The number of hydrogen-bond acceptors (Lipinski definition) is 3. The molecule has 1 aliphatic rings. The van der Waals surface area contributed by atoms with Crippen LogP contribution in [0.15, 0.2) is 0 Å². The van der Waals surface area contributed by atoms with E-state index in [2.05, 4.69) is 5.32 Å². The normalized spacial score (nSPS) is 30.5. The van der Waals surface area contributed by atoms with Crippen LogP contribution in [0.25, 0.3) is 0 Å². The Morgan fingerprint density at radius 3 is 2.33 bits per heavy atom. The van der Waals surface area contributed by atoms with Gasteiger partial charge in [-0.05, 0) is 6.42 Å². The van der Waals surface area contributed by atoms with Crippen molar-refractivity contribution in [2.45, 2.75) is 18.1 Å². The van der Waals surface area contributed by atoms with Gasteiger partial charge in [0, 0.05) is 6.54 Å². The molecular weight excluding hydrogens is 185 g/mol. The van der Waals surface area contributed by atoms with E-state index < -0.39 is 25.3 Å². The first-order valence-electron chi connectivity index (χ1n) is 3.42. The second-order valence-corrected chi connectivity index (χ2v) is 4.69. The lowest BCUT2D eigenvalue weighted by Gasteiger charge is -2.09. The minimum absolute atomic E-state index is 0.000386. The first-order chi connectivity index (χ1) is 5.41. The lowest BCUT2D eigenvalue weighted by atomic mass is 10.2. The van der Waals surface area contributed by atoms with Crippen LogP contribution in [-0.4, -0.2) is 39.1 Å². The molecule has 4 N–H and O–H groups in total. The molecule has 70 valence electrons. The number of carbonyl (C=O) groups is 1. The van der Waals surface area contributed by atoms with Crippen molar-refractivity contribution >= 4 is 13.6 Å². The van der Waals surface area contributed by atoms with Crippen LogP contribution in [0.3, 0.4) is 0 Å². The zero-order chi connectivity index (χ0) is 9.35. The van der Waals surface area contributed by atoms with Crippen molar-refractivity contribution in [1.82, 2.24) is 5.32 Å². The molecule has 6 nitrogen and oxygen atoms in total. The minimum atomic E-state index is -4.12. The van der Waals surface area contributed by atoms with Crippen LogP contribution in [0.1, 0.15) is 6.42 Å². The third-order valence-corrected chi connectivity index (χ3v) is 3.23. The van der Waals surface area contributed by atoms with Crippen molar-refractivity contribution in [3.8, 4) is 0 Å². The van der Waals surface area contributed by atoms with Gasteiger partial charge in [0.05, 0.1) is 5.66 Å². The summed E-state index contributed by atoms with van der Waals surface area (Å²) in [6.45, 7) is 0.0707. The van der Waals surface area contributed by atoms with Gasteiger partial charge in [0.15, 0.2) is 0 Å². The molecule has 1 fully saturated rings. The molecule has 1 heterocycles. The molecule has 0 bridgehead atoms. The topological polar surface area (TPSA) is 107 Å². The predicted octanol–water partition coefficient (Wildman–Crippen LogP) is -1.02. The molecule has 1 saturated heterocycles. The number of hydrogen-bond donors (Lipinski definition) is 4. The number of nitrogens with one attached hydrogen (secondary N) is 1. The molecule has 0 aromatic rings. The van der Waals surface area contributed by atoms with Crippen molar-refractivity contribution < 1.29 is 24.3 Å². The van der Waals surface area contributed by atoms with E-state index in [9.17, 15) is 9.36 Å². The highest BCUT2D eigenvalue weighted by molar-refractivity contribution is 7.52. The molecule has 1 aliphatic heterocycles. The van der Waals surface area contributed by atoms with Gasteiger partial charge >= 0.3 is 13.6 Å². The standard InChI is InChI=1S/C5H10NO5P/c7-5(8)4-1-3(2-6-4)12(9,10)11/h3-4,6H,1-2H2,(H,7,8)(H2,9,10,11)/t3-,4-/m0/s1. The second-order valence-electron chi connectivity index (χ2n) is 2.78. The van der Waals surface area contributed by atoms with Gasteiger partial charge in [-0.25, -0.2) is 0 Å². The SMILES string of the molecule is O=C(O)[C@@H]1C[C@H](P(=O)(O)O)CN1. The van der Waals surface area contributed by atoms with Gasteiger partial charge in [-0.3, -0.25) is 9.36 Å². The summed E-state index contributed by atoms with van der Waals surface area (Å²) in [6.07, 6.45) is -0.000386. The molecule has 0 aromatic heterocycles. The highest BCUT2D eigenvalue weighted by atomic mass is 31.2. The lowest BCUT2D eigenvalue weighted by Crippen LogP contribution is -2.29. The van der Waals surface area contributed by atoms with Crippen molar-refractivity contribution in [2.75, 3.05) is 6.54 Å². The summed E-state index contributed by atoms with van der Waals surface area (Å²) in [5.74, 6) is -1.06. The summed E-state index contributed by atoms with van der Waals surface area (Å²) in [7, 11) is -4.12. The summed E-state index contributed by atoms with van der Waals surface area (Å²) >= 11 is 0. The third-order valence-electron chi connectivity index (χ3n) is 1.88. The van der Waals surface area contributed by atoms with Gasteiger partial charge in [0.1, 0.15) is 6.04 Å². The van der Waals surface area contributed by atoms with Crippen molar-refractivity contribution in [3.05, 3.63) is 0 Å². The Hall–Kier alpha value is -0.420. The Morgan fingerprint density at radius 1 is 1.50 bits per heavy atom. The summed E-state index contributed by atoms with van der Waals surface area (Å²) in [4.78, 5) is 27.7. The Labute approximate surface area is 68.8 Å². The molecule has 0 amide bonds. The van der Waals surface area contributed by atoms with E-state index in [1.807, 2.05) is 0 Å². The van der Waals surface area contributed by atoms with Crippen LogP contribution in [0.5, 0.6) is 0 Å². The van der Waals surface area contributed by atoms with Gasteiger partial charge in [-0.15, -0.1) is 0 Å². The van der Waals surface area contributed by atoms with Gasteiger partial charge in [-0.2, -0.15) is 0 Å². The van der Waals surface area contributed by atoms with E-state index in [0.29, 0.717) is 0 Å². The average Bonchev–Trinajstić information content (AvgIpc) is 2.30. The quantitative estimate of drug-likeness (QED) is 0.420. The van der Waals surface area contributed by atoms with Crippen molar-refractivity contribution in [2.24, 2.45) is 0 Å². The summed E-state index contributed by atoms with van der Waals surface area (Å²) < 4.78 is 10.7. The van der Waals surface area contributed by atoms with Crippen molar-refractivity contribution in [1.29, 1.82) is 0 Å². The number of carboxylic acids is 1. The Balaban J connectivity index is 2.57. The zero-order valence-corrected chi connectivity index (χ0v) is 7.07. The van der Waals surface area contributed by atoms with E-state index in [-0.39, 0.29) is 13.0 Å². The van der Waals surface area contributed by atoms with Crippen LogP contribution in [0.4, 0.5) is 0 Å². The van der Waals surface area contributed by atoms with E-state index in [1.54, 1.807) is 0 Å². The Kier molecular flexibility index (Phi) is 2.53. The summed E-state index contributed by atoms with van der Waals surface area (Å²) in [5, 5.41) is 11.0. The molecular formula is C5H10NO5P. The van der Waals surface area contributed by atoms with Crippen LogP contribution in [-0.2, 0) is 9.36 Å². The minimum Gasteiger partial charge on any atom is -0.480 e. The van der Waals surface area contributed by atoms with Crippen LogP contribution in [0.2, 0.25) is 0 Å². The first-order valence-corrected chi connectivity index (χ1v) is 5.11. The second kappa shape index (κ2) is 3.14. The van der Waals surface area contributed by atoms with Gasteiger partial charge in [0.25, 0.3) is 0 Å². The maximum Gasteiger partial charge on any atom is 0.329 e. The van der Waals surface area contributed by atoms with E-state index in [0.717, 1.165) is 0 Å². The Bertz CT molecular complexity index is 236. The first kappa shape index (κ1) is 9.67. The zero-order valence-electron chi connectivity index (χ0n) is 6.17. The number of rotatable bonds is 2. The molecule has 0 aromatic carbocycles. The van der Waals surface area contributed by atoms with Gasteiger partial charge in [0.2, 0.25) is 0 Å². The summed E-state index contributed by atoms with van der Waals surface area (Å²) in [6, 6.07) is -0.817. The fourth-order valence-electron chi connectivity index (χ4n) is 1.16. The highest BCUT2D eigenvalue weighted by Crippen LogP contribution is 2.44. The molecule has 12 heavy (non-hydrogen) atoms. The highest BCUT2D eigenvalue weighted by Gasteiger charge is 2.38. The monoisotopic (exact) mass is 195 g/mol. The number of aliphatic carboxylic acids is 1. The molecule has 1 rings (SSSR count). The third kappa shape index (κ3) is 2.04. The molecule has 0 unspecified atom stereocenters. The molecule has 7 heteroatoms. The Morgan fingerprint density at radius 2 is 2.08 bits per heavy atom. The van der Waals surface area contributed by atoms with E-state index in [1.165, 1.54) is 0 Å². The maximum atomic E-state index is 10.7. The van der Waals surface area contributed by atoms with Crippen LogP contribution >= 0.6 is 7.60 Å². The van der Waals surface area contributed by atoms with E-state index in [4.69, 9.17) is 14.9 Å². The lowest BCUT2D eigenvalue weighted by molar-refractivity contribution is -0.139. The maximum absolute atomic E-state index is 10.7. The molecule has 0 radical (unpaired) electrons. The molecule has 2 atom stereocenters. The van der Waals surface area contributed by atoms with Gasteiger partial charge < -0.3 is 20.2 Å². The van der Waals surface area contributed by atoms with Crippen LogP contribution < -0.4 is 5.32 Å². The smallest absolute Gasteiger partial charge is 0.329 e. The fourth-order valence-corrected chi connectivity index (χ4v) is 1.99. The predicted molar refractivity (Wildman–Crippen MR) is 39.9 cm³/mol. The fraction of sp³-hybridized carbons (Fsp3) is 0.800. The summed E-state index contributed by atoms with van der Waals surface area (Å²) in [5.41, 5.74) is -0.849. The number of carboxylic acid groups (broad SMARTS) is 1. The molecule has 0 spiro atoms. The van der Waals surface area contributed by atoms with Crippen LogP contribution in [0, 0.1) is 0 Å². The molecule has 0 aliphatic carbocycles. The largest absolute Gasteiger partial charge is 0.480 e. The van der Waals surface area contributed by atoms with Gasteiger partial charge in [-0.1, -0.05) is 0 Å². The van der Waals surface area contributed by atoms with E-state index >= 15 is 0 Å². The average molecular weight is 195 g/mol. The van der Waals surface area contributed by atoms with Crippen molar-refractivity contribution in [3.63, 3.8) is 0 Å².